The van der Waals surface area contributed by atoms with E-state index in [0.717, 1.165) is 0 Å². The minimum atomic E-state index is -0.876. The van der Waals surface area contributed by atoms with E-state index in [9.17, 15) is 25.0 Å². The van der Waals surface area contributed by atoms with Crippen LogP contribution in [0.5, 0.6) is 0 Å². The van der Waals surface area contributed by atoms with E-state index < -0.39 is 33.1 Å². The first-order chi connectivity index (χ1) is 12.3. The number of nitrogens with zero attached hydrogens (tertiary/aromatic N) is 3. The molecule has 0 saturated carbocycles. The van der Waals surface area contributed by atoms with Crippen LogP contribution in [-0.2, 0) is 19.3 Å². The van der Waals surface area contributed by atoms with E-state index in [4.69, 9.17) is 4.84 Å². The van der Waals surface area contributed by atoms with Gasteiger partial charge < -0.3 is 14.5 Å². The van der Waals surface area contributed by atoms with Crippen molar-refractivity contribution in [2.24, 2.45) is 17.8 Å². The maximum Gasteiger partial charge on any atom is 0.327 e. The van der Waals surface area contributed by atoms with Crippen molar-refractivity contribution in [3.05, 3.63) is 20.2 Å². The lowest BCUT2D eigenvalue weighted by atomic mass is 9.82. The van der Waals surface area contributed by atoms with Crippen LogP contribution in [-0.4, -0.2) is 45.5 Å². The fourth-order valence-electron chi connectivity index (χ4n) is 3.66. The fraction of sp³-hybridized carbons (Fsp3) is 0.938. The standard InChI is InChI=1S/C16H29N3O8/c1-11(2)14(20)27-17-15(3,4)8-12(9-25-18(21)22)7-13(16(17,5)6)10-26-19(23)24/h11-13H,7-10H2,1-6H3. The molecule has 1 fully saturated rings. The molecule has 0 spiro atoms. The predicted octanol–water partition coefficient (Wildman–Crippen LogP) is 2.40. The van der Waals surface area contributed by atoms with Crippen LogP contribution < -0.4 is 0 Å². The SMILES string of the molecule is CC(C)C(=O)ON1C(C)(C)CC(CO[N+](=O)[O-])CC(CO[N+](=O)[O-])C1(C)C. The molecule has 1 heterocycles. The summed E-state index contributed by atoms with van der Waals surface area (Å²) in [6.45, 7) is 10.4. The molecule has 1 saturated heterocycles. The first-order valence-electron chi connectivity index (χ1n) is 8.84. The predicted molar refractivity (Wildman–Crippen MR) is 93.0 cm³/mol. The van der Waals surface area contributed by atoms with E-state index in [1.165, 1.54) is 0 Å². The monoisotopic (exact) mass is 391 g/mol. The number of carbonyl (C=O) groups excluding carboxylic acids is 1. The molecule has 0 bridgehead atoms. The molecule has 0 aliphatic carbocycles. The molecule has 0 aromatic rings. The Balaban J connectivity index is 3.20. The van der Waals surface area contributed by atoms with Crippen molar-refractivity contribution in [3.8, 4) is 0 Å². The molecule has 0 aromatic carbocycles. The van der Waals surface area contributed by atoms with Gasteiger partial charge in [0, 0.05) is 5.92 Å². The van der Waals surface area contributed by atoms with Gasteiger partial charge in [-0.1, -0.05) is 13.8 Å². The summed E-state index contributed by atoms with van der Waals surface area (Å²) in [6.07, 6.45) is 0.818. The highest BCUT2D eigenvalue weighted by Gasteiger charge is 2.50. The first-order valence-corrected chi connectivity index (χ1v) is 8.84. The van der Waals surface area contributed by atoms with E-state index in [1.807, 2.05) is 27.7 Å². The van der Waals surface area contributed by atoms with E-state index >= 15 is 0 Å². The van der Waals surface area contributed by atoms with Crippen molar-refractivity contribution >= 4 is 5.97 Å². The van der Waals surface area contributed by atoms with Crippen molar-refractivity contribution in [1.29, 1.82) is 0 Å². The Morgan fingerprint density at radius 2 is 1.63 bits per heavy atom. The third-order valence-electron chi connectivity index (χ3n) is 4.93. The van der Waals surface area contributed by atoms with Gasteiger partial charge >= 0.3 is 5.97 Å². The summed E-state index contributed by atoms with van der Waals surface area (Å²) in [5.74, 6) is -1.48. The molecule has 0 radical (unpaired) electrons. The molecule has 0 N–H and O–H groups in total. The Kier molecular flexibility index (Phi) is 7.35. The Morgan fingerprint density at radius 3 is 2.11 bits per heavy atom. The number of rotatable bonds is 8. The van der Waals surface area contributed by atoms with Crippen LogP contribution in [0, 0.1) is 38.0 Å². The van der Waals surface area contributed by atoms with E-state index in [-0.39, 0.29) is 25.0 Å². The Bertz CT molecular complexity index is 564. The van der Waals surface area contributed by atoms with Gasteiger partial charge in [-0.05, 0) is 46.5 Å². The van der Waals surface area contributed by atoms with Crippen LogP contribution in [0.2, 0.25) is 0 Å². The quantitative estimate of drug-likeness (QED) is 0.451. The van der Waals surface area contributed by atoms with E-state index in [1.54, 1.807) is 18.9 Å². The first kappa shape index (κ1) is 22.9. The van der Waals surface area contributed by atoms with Crippen LogP contribution in [0.3, 0.4) is 0 Å². The second-order valence-corrected chi connectivity index (χ2v) is 8.37. The van der Waals surface area contributed by atoms with Crippen molar-refractivity contribution in [2.75, 3.05) is 13.2 Å². The van der Waals surface area contributed by atoms with Crippen molar-refractivity contribution < 1.29 is 29.5 Å². The summed E-state index contributed by atoms with van der Waals surface area (Å²) in [5, 5.41) is 21.1. The second-order valence-electron chi connectivity index (χ2n) is 8.37. The molecule has 1 aliphatic heterocycles. The molecule has 1 rings (SSSR count). The highest BCUT2D eigenvalue weighted by Crippen LogP contribution is 2.43. The lowest BCUT2D eigenvalue weighted by Crippen LogP contribution is -2.58. The highest BCUT2D eigenvalue weighted by molar-refractivity contribution is 5.71. The summed E-state index contributed by atoms with van der Waals surface area (Å²) < 4.78 is 0. The highest BCUT2D eigenvalue weighted by atomic mass is 17.0. The summed E-state index contributed by atoms with van der Waals surface area (Å²) >= 11 is 0. The van der Waals surface area contributed by atoms with Gasteiger partial charge in [0.25, 0.3) is 10.2 Å². The van der Waals surface area contributed by atoms with Crippen LogP contribution >= 0.6 is 0 Å². The molecule has 1 aliphatic rings. The zero-order valence-corrected chi connectivity index (χ0v) is 16.7. The Morgan fingerprint density at radius 1 is 1.11 bits per heavy atom. The van der Waals surface area contributed by atoms with Crippen molar-refractivity contribution in [1.82, 2.24) is 5.06 Å². The van der Waals surface area contributed by atoms with Crippen LogP contribution in [0.4, 0.5) is 0 Å². The molecule has 156 valence electrons. The van der Waals surface area contributed by atoms with E-state index in [2.05, 4.69) is 9.68 Å². The van der Waals surface area contributed by atoms with Gasteiger partial charge in [0.15, 0.2) is 0 Å². The van der Waals surface area contributed by atoms with Gasteiger partial charge in [0.2, 0.25) is 0 Å². The second kappa shape index (κ2) is 8.68. The van der Waals surface area contributed by atoms with Gasteiger partial charge in [0.05, 0.1) is 23.6 Å². The summed E-state index contributed by atoms with van der Waals surface area (Å²) in [7, 11) is 0. The van der Waals surface area contributed by atoms with Gasteiger partial charge in [-0.2, -0.15) is 0 Å². The zero-order chi connectivity index (χ0) is 21.0. The third kappa shape index (κ3) is 6.19. The maximum absolute atomic E-state index is 12.3. The summed E-state index contributed by atoms with van der Waals surface area (Å²) in [6, 6.07) is 0. The largest absolute Gasteiger partial charge is 0.367 e. The number of hydroxylamine groups is 2. The van der Waals surface area contributed by atoms with Crippen molar-refractivity contribution in [2.45, 2.75) is 65.5 Å². The molecule has 2 unspecified atom stereocenters. The lowest BCUT2D eigenvalue weighted by molar-refractivity contribution is -0.760. The maximum atomic E-state index is 12.3. The van der Waals surface area contributed by atoms with Gasteiger partial charge in [-0.15, -0.1) is 25.3 Å². The van der Waals surface area contributed by atoms with Crippen molar-refractivity contribution in [3.63, 3.8) is 0 Å². The number of carbonyl (C=O) groups is 1. The Hall–Kier alpha value is -2.17. The lowest BCUT2D eigenvalue weighted by Gasteiger charge is -2.47. The van der Waals surface area contributed by atoms with Gasteiger partial charge in [-0.25, -0.2) is 0 Å². The average molecular weight is 391 g/mol. The minimum absolute atomic E-state index is 0.145. The topological polar surface area (TPSA) is 134 Å². The molecule has 11 nitrogen and oxygen atoms in total. The van der Waals surface area contributed by atoms with Crippen LogP contribution in [0.15, 0.2) is 0 Å². The minimum Gasteiger partial charge on any atom is -0.367 e. The summed E-state index contributed by atoms with van der Waals surface area (Å²) in [5.41, 5.74) is -1.49. The third-order valence-corrected chi connectivity index (χ3v) is 4.93. The van der Waals surface area contributed by atoms with Crippen LogP contribution in [0.25, 0.3) is 0 Å². The molecular weight excluding hydrogens is 362 g/mol. The molecule has 27 heavy (non-hydrogen) atoms. The van der Waals surface area contributed by atoms with Gasteiger partial charge in [-0.3, -0.25) is 4.79 Å². The fourth-order valence-corrected chi connectivity index (χ4v) is 3.66. The molecule has 0 aromatic heterocycles. The Labute approximate surface area is 158 Å². The number of hydrogen-bond donors (Lipinski definition) is 0. The molecular formula is C16H29N3O8. The molecule has 11 heteroatoms. The average Bonchev–Trinajstić information content (AvgIpc) is 2.58. The zero-order valence-electron chi connectivity index (χ0n) is 16.7. The molecule has 0 amide bonds. The molecule has 2 atom stereocenters. The van der Waals surface area contributed by atoms with Crippen LogP contribution in [0.1, 0.15) is 54.4 Å². The summed E-state index contributed by atoms with van der Waals surface area (Å²) in [4.78, 5) is 48.3. The van der Waals surface area contributed by atoms with E-state index in [0.29, 0.717) is 12.8 Å². The number of hydrogen-bond acceptors (Lipinski definition) is 9. The smallest absolute Gasteiger partial charge is 0.327 e. The normalized spacial score (nSPS) is 24.7. The van der Waals surface area contributed by atoms with Gasteiger partial charge in [0.1, 0.15) is 6.61 Å².